The van der Waals surface area contributed by atoms with Gasteiger partial charge in [0.2, 0.25) is 0 Å². The zero-order valence-electron chi connectivity index (χ0n) is 9.99. The van der Waals surface area contributed by atoms with Gasteiger partial charge >= 0.3 is 0 Å². The molecule has 0 aliphatic carbocycles. The molecule has 0 fully saturated rings. The number of ether oxygens (including phenoxy) is 2. The van der Waals surface area contributed by atoms with Crippen molar-refractivity contribution in [3.05, 3.63) is 23.3 Å². The molecule has 1 aromatic rings. The first-order valence-corrected chi connectivity index (χ1v) is 5.25. The Hall–Kier alpha value is -1.26. The van der Waals surface area contributed by atoms with Crippen molar-refractivity contribution < 1.29 is 14.6 Å². The maximum absolute atomic E-state index is 9.31. The molecular weight excluding hydrogens is 206 g/mol. The highest BCUT2D eigenvalue weighted by Crippen LogP contribution is 2.30. The van der Waals surface area contributed by atoms with Gasteiger partial charge in [-0.2, -0.15) is 0 Å². The zero-order valence-corrected chi connectivity index (χ0v) is 9.99. The van der Waals surface area contributed by atoms with Crippen molar-refractivity contribution >= 4 is 0 Å². The minimum atomic E-state index is -0.633. The number of benzene rings is 1. The molecule has 1 unspecified atom stereocenters. The van der Waals surface area contributed by atoms with Crippen LogP contribution in [0.2, 0.25) is 0 Å². The first-order valence-electron chi connectivity index (χ1n) is 5.25. The van der Waals surface area contributed by atoms with Gasteiger partial charge in [0, 0.05) is 12.1 Å². The summed E-state index contributed by atoms with van der Waals surface area (Å²) in [6.07, 6.45) is -0.633. The first kappa shape index (κ1) is 12.8. The van der Waals surface area contributed by atoms with E-state index in [1.54, 1.807) is 7.11 Å². The Bertz CT molecular complexity index is 352. The van der Waals surface area contributed by atoms with Crippen molar-refractivity contribution in [2.45, 2.75) is 20.0 Å². The van der Waals surface area contributed by atoms with Crippen LogP contribution in [-0.4, -0.2) is 31.5 Å². The molecule has 90 valence electrons. The fourth-order valence-electron chi connectivity index (χ4n) is 1.53. The van der Waals surface area contributed by atoms with Gasteiger partial charge in [-0.1, -0.05) is 6.07 Å². The maximum Gasteiger partial charge on any atom is 0.128 e. The second-order valence-corrected chi connectivity index (χ2v) is 3.74. The van der Waals surface area contributed by atoms with Crippen LogP contribution in [0.3, 0.4) is 0 Å². The van der Waals surface area contributed by atoms with Crippen LogP contribution in [0.1, 0.15) is 11.1 Å². The Labute approximate surface area is 96.0 Å². The summed E-state index contributed by atoms with van der Waals surface area (Å²) in [7, 11) is 1.63. The normalized spacial score (nSPS) is 12.3. The molecular formula is C12H19NO3. The summed E-state index contributed by atoms with van der Waals surface area (Å²) in [5.41, 5.74) is 7.30. The van der Waals surface area contributed by atoms with Crippen LogP contribution >= 0.6 is 0 Å². The van der Waals surface area contributed by atoms with E-state index < -0.39 is 6.10 Å². The fourth-order valence-corrected chi connectivity index (χ4v) is 1.53. The molecule has 3 N–H and O–H groups in total. The van der Waals surface area contributed by atoms with E-state index in [2.05, 4.69) is 0 Å². The number of aryl methyl sites for hydroxylation is 1. The van der Waals surface area contributed by atoms with Crippen molar-refractivity contribution in [2.75, 3.05) is 20.3 Å². The Kier molecular flexibility index (Phi) is 4.58. The third-order valence-electron chi connectivity index (χ3n) is 2.46. The average Bonchev–Trinajstić information content (AvgIpc) is 2.28. The van der Waals surface area contributed by atoms with E-state index in [-0.39, 0.29) is 13.2 Å². The van der Waals surface area contributed by atoms with Crippen molar-refractivity contribution in [1.29, 1.82) is 0 Å². The van der Waals surface area contributed by atoms with Gasteiger partial charge in [0.15, 0.2) is 0 Å². The predicted octanol–water partition coefficient (Wildman–Crippen LogP) is 1.01. The third kappa shape index (κ3) is 2.87. The number of nitrogens with two attached hydrogens (primary N) is 1. The number of methoxy groups -OCH3 is 1. The molecule has 0 heterocycles. The standard InChI is InChI=1S/C12H19NO3/c1-8-4-5-11(9(2)12(8)15-3)16-7-10(14)6-13/h4-5,10,14H,6-7,13H2,1-3H3. The second-order valence-electron chi connectivity index (χ2n) is 3.74. The molecule has 4 heteroatoms. The molecule has 0 amide bonds. The number of aliphatic hydroxyl groups excluding tert-OH is 1. The SMILES string of the molecule is COc1c(C)ccc(OCC(O)CN)c1C. The molecule has 4 nitrogen and oxygen atoms in total. The van der Waals surface area contributed by atoms with E-state index in [1.165, 1.54) is 0 Å². The predicted molar refractivity (Wildman–Crippen MR) is 63.0 cm³/mol. The van der Waals surface area contributed by atoms with Crippen LogP contribution in [0, 0.1) is 13.8 Å². The van der Waals surface area contributed by atoms with Gasteiger partial charge in [0.1, 0.15) is 24.2 Å². The van der Waals surface area contributed by atoms with Crippen LogP contribution in [0.4, 0.5) is 0 Å². The van der Waals surface area contributed by atoms with E-state index in [9.17, 15) is 5.11 Å². The molecule has 16 heavy (non-hydrogen) atoms. The van der Waals surface area contributed by atoms with Gasteiger partial charge in [0.25, 0.3) is 0 Å². The molecule has 1 atom stereocenters. The molecule has 0 aromatic heterocycles. The highest BCUT2D eigenvalue weighted by Gasteiger charge is 2.10. The lowest BCUT2D eigenvalue weighted by Crippen LogP contribution is -2.26. The number of hydrogen-bond acceptors (Lipinski definition) is 4. The lowest BCUT2D eigenvalue weighted by atomic mass is 10.1. The van der Waals surface area contributed by atoms with E-state index in [0.29, 0.717) is 0 Å². The Morgan fingerprint density at radius 3 is 2.62 bits per heavy atom. The molecule has 0 spiro atoms. The highest BCUT2D eigenvalue weighted by atomic mass is 16.5. The van der Waals surface area contributed by atoms with Crippen molar-refractivity contribution in [3.8, 4) is 11.5 Å². The van der Waals surface area contributed by atoms with Crippen LogP contribution in [0.15, 0.2) is 12.1 Å². The van der Waals surface area contributed by atoms with E-state index in [4.69, 9.17) is 15.2 Å². The Morgan fingerprint density at radius 2 is 2.06 bits per heavy atom. The summed E-state index contributed by atoms with van der Waals surface area (Å²) in [6, 6.07) is 3.80. The average molecular weight is 225 g/mol. The minimum Gasteiger partial charge on any atom is -0.496 e. The van der Waals surface area contributed by atoms with Gasteiger partial charge in [-0.3, -0.25) is 0 Å². The van der Waals surface area contributed by atoms with E-state index in [1.807, 2.05) is 26.0 Å². The Morgan fingerprint density at radius 1 is 1.38 bits per heavy atom. The molecule has 0 saturated heterocycles. The van der Waals surface area contributed by atoms with Crippen LogP contribution in [-0.2, 0) is 0 Å². The van der Waals surface area contributed by atoms with E-state index in [0.717, 1.165) is 22.6 Å². The summed E-state index contributed by atoms with van der Waals surface area (Å²) in [4.78, 5) is 0. The molecule has 0 radical (unpaired) electrons. The molecule has 0 aliphatic heterocycles. The summed E-state index contributed by atoms with van der Waals surface area (Å²) >= 11 is 0. The topological polar surface area (TPSA) is 64.7 Å². The quantitative estimate of drug-likeness (QED) is 0.785. The van der Waals surface area contributed by atoms with Crippen LogP contribution < -0.4 is 15.2 Å². The van der Waals surface area contributed by atoms with Gasteiger partial charge in [-0.15, -0.1) is 0 Å². The number of rotatable bonds is 5. The van der Waals surface area contributed by atoms with Gasteiger partial charge < -0.3 is 20.3 Å². The molecule has 1 aromatic carbocycles. The van der Waals surface area contributed by atoms with Crippen LogP contribution in [0.25, 0.3) is 0 Å². The maximum atomic E-state index is 9.31. The van der Waals surface area contributed by atoms with Crippen molar-refractivity contribution in [1.82, 2.24) is 0 Å². The second kappa shape index (κ2) is 5.72. The first-order chi connectivity index (χ1) is 7.60. The summed E-state index contributed by atoms with van der Waals surface area (Å²) in [6.45, 7) is 4.30. The zero-order chi connectivity index (χ0) is 12.1. The summed E-state index contributed by atoms with van der Waals surface area (Å²) < 4.78 is 10.8. The lowest BCUT2D eigenvalue weighted by Gasteiger charge is -2.15. The van der Waals surface area contributed by atoms with Crippen molar-refractivity contribution in [3.63, 3.8) is 0 Å². The summed E-state index contributed by atoms with van der Waals surface area (Å²) in [5, 5.41) is 9.31. The monoisotopic (exact) mass is 225 g/mol. The Balaban J connectivity index is 2.81. The molecule has 1 rings (SSSR count). The molecule has 0 bridgehead atoms. The highest BCUT2D eigenvalue weighted by molar-refractivity contribution is 5.48. The summed E-state index contributed by atoms with van der Waals surface area (Å²) in [5.74, 6) is 1.54. The van der Waals surface area contributed by atoms with Gasteiger partial charge in [-0.05, 0) is 25.5 Å². The third-order valence-corrected chi connectivity index (χ3v) is 2.46. The van der Waals surface area contributed by atoms with Gasteiger partial charge in [-0.25, -0.2) is 0 Å². The molecule has 0 saturated carbocycles. The number of aliphatic hydroxyl groups is 1. The lowest BCUT2D eigenvalue weighted by molar-refractivity contribution is 0.113. The van der Waals surface area contributed by atoms with Gasteiger partial charge in [0.05, 0.1) is 7.11 Å². The number of hydrogen-bond donors (Lipinski definition) is 2. The smallest absolute Gasteiger partial charge is 0.128 e. The van der Waals surface area contributed by atoms with Crippen molar-refractivity contribution in [2.24, 2.45) is 5.73 Å². The molecule has 0 aliphatic rings. The largest absolute Gasteiger partial charge is 0.496 e. The van der Waals surface area contributed by atoms with Crippen LogP contribution in [0.5, 0.6) is 11.5 Å². The minimum absolute atomic E-state index is 0.196. The van der Waals surface area contributed by atoms with E-state index >= 15 is 0 Å². The fraction of sp³-hybridized carbons (Fsp3) is 0.500.